The van der Waals surface area contributed by atoms with E-state index in [1.165, 1.54) is 5.56 Å². The molecule has 1 fully saturated rings. The van der Waals surface area contributed by atoms with Crippen LogP contribution in [0.2, 0.25) is 0 Å². The Bertz CT molecular complexity index is 1500. The lowest BCUT2D eigenvalue weighted by atomic mass is 9.93. The maximum atomic E-state index is 12.9. The van der Waals surface area contributed by atoms with Crippen LogP contribution in [0.25, 0.3) is 0 Å². The molecule has 2 heterocycles. The van der Waals surface area contributed by atoms with Gasteiger partial charge in [-0.05, 0) is 126 Å². The normalized spacial score (nSPS) is 17.8. The molecule has 4 N–H and O–H groups in total. The number of nitrogens with zero attached hydrogens (tertiary/aromatic N) is 2. The van der Waals surface area contributed by atoms with Gasteiger partial charge in [-0.15, -0.1) is 6.58 Å². The second-order valence-electron chi connectivity index (χ2n) is 11.7. The highest BCUT2D eigenvalue weighted by Crippen LogP contribution is 2.27. The summed E-state index contributed by atoms with van der Waals surface area (Å²) in [6.45, 7) is 11.3. The number of carbonyl (C=O) groups excluding carboxylic acids is 2. The summed E-state index contributed by atoms with van der Waals surface area (Å²) in [5.41, 5.74) is 5.94. The number of aliphatic imine (C=N–C) groups is 1. The quantitative estimate of drug-likeness (QED) is 0.158. The van der Waals surface area contributed by atoms with E-state index >= 15 is 0 Å². The Labute approximate surface area is 285 Å². The van der Waals surface area contributed by atoms with Gasteiger partial charge >= 0.3 is 0 Å². The molecule has 1 saturated heterocycles. The van der Waals surface area contributed by atoms with Crippen LogP contribution < -0.4 is 21.3 Å². The topological polar surface area (TPSA) is 97.9 Å². The molecule has 0 saturated carbocycles. The van der Waals surface area contributed by atoms with Crippen LogP contribution >= 0.6 is 11.6 Å². The summed E-state index contributed by atoms with van der Waals surface area (Å²) in [6.07, 6.45) is 8.49. The number of anilines is 4. The van der Waals surface area contributed by atoms with Crippen molar-refractivity contribution in [2.24, 2.45) is 10.9 Å². The van der Waals surface area contributed by atoms with E-state index in [1.807, 2.05) is 75.4 Å². The molecule has 2 aliphatic rings. The monoisotopic (exact) mass is 656 g/mol. The fourth-order valence-electron chi connectivity index (χ4n) is 5.32. The van der Waals surface area contributed by atoms with Crippen molar-refractivity contribution in [2.75, 3.05) is 41.4 Å². The first kappa shape index (κ1) is 37.1. The van der Waals surface area contributed by atoms with Gasteiger partial charge in [0.15, 0.2) is 0 Å². The molecule has 2 aliphatic heterocycles. The van der Waals surface area contributed by atoms with Gasteiger partial charge in [-0.3, -0.25) is 9.59 Å². The fraction of sp³-hybridized carbons (Fsp3) is 0.342. The van der Waals surface area contributed by atoms with E-state index in [9.17, 15) is 9.59 Å². The van der Waals surface area contributed by atoms with Crippen LogP contribution in [0.5, 0.6) is 0 Å². The average molecular weight is 657 g/mol. The van der Waals surface area contributed by atoms with Crippen molar-refractivity contribution < 1.29 is 9.59 Å². The molecule has 1 atom stereocenters. The van der Waals surface area contributed by atoms with Gasteiger partial charge in [-0.25, -0.2) is 4.99 Å². The number of piperidine rings is 1. The van der Waals surface area contributed by atoms with Gasteiger partial charge in [0.2, 0.25) is 12.3 Å². The Balaban J connectivity index is 0.000000422. The van der Waals surface area contributed by atoms with Crippen molar-refractivity contribution in [3.8, 4) is 0 Å². The summed E-state index contributed by atoms with van der Waals surface area (Å²) >= 11 is 6.49. The number of fused-ring (bicyclic) bond motifs is 4. The molecule has 3 aromatic carbocycles. The lowest BCUT2D eigenvalue weighted by Crippen LogP contribution is -2.32. The number of halogens is 1. The molecule has 2 amide bonds. The van der Waals surface area contributed by atoms with E-state index in [4.69, 9.17) is 16.6 Å². The van der Waals surface area contributed by atoms with Crippen LogP contribution in [0, 0.1) is 5.92 Å². The maximum Gasteiger partial charge on any atom is 0.224 e. The van der Waals surface area contributed by atoms with Crippen molar-refractivity contribution in [3.05, 3.63) is 108 Å². The highest BCUT2D eigenvalue weighted by molar-refractivity contribution is 6.45. The van der Waals surface area contributed by atoms with E-state index < -0.39 is 0 Å². The zero-order valence-electron chi connectivity index (χ0n) is 28.1. The average Bonchev–Trinajstić information content (AvgIpc) is 3.07. The minimum Gasteiger partial charge on any atom is -0.364 e. The van der Waals surface area contributed by atoms with E-state index in [2.05, 4.69) is 64.1 Å². The van der Waals surface area contributed by atoms with E-state index in [0.29, 0.717) is 29.6 Å². The van der Waals surface area contributed by atoms with Crippen LogP contribution in [0.15, 0.2) is 102 Å². The third-order valence-electron chi connectivity index (χ3n) is 7.74. The first-order valence-corrected chi connectivity index (χ1v) is 16.6. The van der Waals surface area contributed by atoms with Crippen LogP contribution in [0.3, 0.4) is 0 Å². The van der Waals surface area contributed by atoms with Gasteiger partial charge in [0.1, 0.15) is 12.0 Å². The zero-order chi connectivity index (χ0) is 34.0. The van der Waals surface area contributed by atoms with Crippen LogP contribution in [0.4, 0.5) is 22.7 Å². The Hall–Kier alpha value is -4.40. The van der Waals surface area contributed by atoms with Crippen LogP contribution in [-0.2, 0) is 22.4 Å². The fourth-order valence-corrected chi connectivity index (χ4v) is 5.42. The standard InChI is InChI=1S/C28H36ClN5O.C7H7NO.C3H6/c1-4-25(29)28-31-19(2)30-23-7-5-6-20(16-23)8-9-22-18-24(32-28)10-11-26(22)33-27(35)17-21-12-14-34(3)15-13-21;9-6-8-7-4-2-1-3-5-7;1-3-2/h4-7,10-11,16,18-19,21,30H,8-9,12-15,17H2,1-3H3,(H,31,32)(H,33,35);1-6H,(H,8,9);3H,1H2,2H3/b25-4+;;. The minimum absolute atomic E-state index is 0.0960. The smallest absolute Gasteiger partial charge is 0.224 e. The number of amidine groups is 1. The maximum absolute atomic E-state index is 12.9. The molecule has 0 radical (unpaired) electrons. The summed E-state index contributed by atoms with van der Waals surface area (Å²) in [5, 5.41) is 13.1. The number of rotatable bonds is 6. The molecular weight excluding hydrogens is 608 g/mol. The molecule has 47 heavy (non-hydrogen) atoms. The highest BCUT2D eigenvalue weighted by atomic mass is 35.5. The highest BCUT2D eigenvalue weighted by Gasteiger charge is 2.20. The number of nitrogens with one attached hydrogen (secondary N) is 4. The molecule has 8 nitrogen and oxygen atoms in total. The number of likely N-dealkylation sites (tertiary alicyclic amines) is 1. The molecule has 0 aromatic heterocycles. The Morgan fingerprint density at radius 1 is 1.02 bits per heavy atom. The van der Waals surface area contributed by atoms with Gasteiger partial charge in [0.05, 0.1) is 5.03 Å². The first-order valence-electron chi connectivity index (χ1n) is 16.2. The molecule has 9 heteroatoms. The van der Waals surface area contributed by atoms with E-state index in [1.54, 1.807) is 6.08 Å². The Morgan fingerprint density at radius 2 is 1.74 bits per heavy atom. The van der Waals surface area contributed by atoms with Crippen LogP contribution in [-0.4, -0.2) is 49.4 Å². The number of carbonyl (C=O) groups is 2. The molecule has 250 valence electrons. The van der Waals surface area contributed by atoms with Gasteiger partial charge in [0.25, 0.3) is 0 Å². The summed E-state index contributed by atoms with van der Waals surface area (Å²) in [5.74, 6) is 1.16. The van der Waals surface area contributed by atoms with Crippen LogP contribution in [0.1, 0.15) is 51.2 Å². The van der Waals surface area contributed by atoms with Crippen molar-refractivity contribution in [1.82, 2.24) is 4.90 Å². The lowest BCUT2D eigenvalue weighted by Gasteiger charge is -2.28. The SMILES string of the molecule is C/C=C(Cl)\C1=N/C(C)Nc2cccc(c2)CCc2cc(ccc2NC(=O)CC2CCN(C)CC2)N1.C=CC.O=CNc1ccccc1. The molecule has 0 spiro atoms. The van der Waals surface area contributed by atoms with Crippen molar-refractivity contribution in [1.29, 1.82) is 0 Å². The van der Waals surface area contributed by atoms with Crippen molar-refractivity contribution in [3.63, 3.8) is 0 Å². The first-order chi connectivity index (χ1) is 22.7. The molecule has 0 aliphatic carbocycles. The number of allylic oxidation sites excluding steroid dienone is 2. The molecule has 5 rings (SSSR count). The summed E-state index contributed by atoms with van der Waals surface area (Å²) < 4.78 is 0. The Morgan fingerprint density at radius 3 is 2.43 bits per heavy atom. The van der Waals surface area contributed by atoms with Crippen molar-refractivity contribution in [2.45, 2.75) is 59.0 Å². The predicted molar refractivity (Wildman–Crippen MR) is 200 cm³/mol. The predicted octanol–water partition coefficient (Wildman–Crippen LogP) is 8.31. The summed E-state index contributed by atoms with van der Waals surface area (Å²) in [6, 6.07) is 23.8. The number of hydrogen-bond acceptors (Lipinski definition) is 6. The van der Waals surface area contributed by atoms with Gasteiger partial charge < -0.3 is 26.2 Å². The number of aryl methyl sites for hydroxylation is 2. The zero-order valence-corrected chi connectivity index (χ0v) is 28.8. The number of benzene rings is 3. The van der Waals surface area contributed by atoms with Crippen molar-refractivity contribution >= 4 is 52.5 Å². The third-order valence-corrected chi connectivity index (χ3v) is 8.14. The summed E-state index contributed by atoms with van der Waals surface area (Å²) in [4.78, 5) is 29.9. The molecule has 3 aromatic rings. The largest absolute Gasteiger partial charge is 0.364 e. The minimum atomic E-state index is -0.167. The van der Waals surface area contributed by atoms with E-state index in [-0.39, 0.29) is 12.1 Å². The Kier molecular flexibility index (Phi) is 15.7. The molecule has 4 bridgehead atoms. The lowest BCUT2D eigenvalue weighted by molar-refractivity contribution is -0.117. The van der Waals surface area contributed by atoms with Gasteiger partial charge in [-0.1, -0.05) is 54.1 Å². The molecule has 1 unspecified atom stereocenters. The molecular formula is C38H49ClN6O2. The van der Waals surface area contributed by atoms with E-state index in [0.717, 1.165) is 67.1 Å². The second-order valence-corrected chi connectivity index (χ2v) is 12.1. The number of amides is 2. The third kappa shape index (κ3) is 13.1. The summed E-state index contributed by atoms with van der Waals surface area (Å²) in [7, 11) is 2.14. The second kappa shape index (κ2) is 20.0. The van der Waals surface area contributed by atoms with Gasteiger partial charge in [0, 0.05) is 29.2 Å². The van der Waals surface area contributed by atoms with Gasteiger partial charge in [-0.2, -0.15) is 0 Å². The number of para-hydroxylation sites is 1. The number of hydrogen-bond donors (Lipinski definition) is 4.